The number of β-amino-alcohol motifs (C(OH)–C–C–N with tert-alkyl or cyclic N) is 1. The van der Waals surface area contributed by atoms with Crippen LogP contribution in [0.5, 0.6) is 0 Å². The highest BCUT2D eigenvalue weighted by atomic mass is 79.9. The predicted octanol–water partition coefficient (Wildman–Crippen LogP) is -0.220. The number of nitrogen functional groups attached to an aromatic ring is 1. The van der Waals surface area contributed by atoms with Crippen LogP contribution in [0.4, 0.5) is 10.1 Å². The van der Waals surface area contributed by atoms with Crippen LogP contribution in [0.3, 0.4) is 0 Å². The van der Waals surface area contributed by atoms with Gasteiger partial charge in [-0.15, -0.1) is 0 Å². The number of aliphatic hydroxyl groups excluding tert-OH is 1. The summed E-state index contributed by atoms with van der Waals surface area (Å²) in [7, 11) is -4.35. The number of halogens is 2. The summed E-state index contributed by atoms with van der Waals surface area (Å²) in [6.45, 7) is -0.332. The lowest BCUT2D eigenvalue weighted by molar-refractivity contribution is -0.121. The van der Waals surface area contributed by atoms with Crippen LogP contribution in [0.25, 0.3) is 0 Å². The maximum absolute atomic E-state index is 14.1. The SMILES string of the molecule is NC(=O)C1CC(O)CN1S(=O)(=O)c1cc(N)cc(Br)c1F. The fourth-order valence-corrected chi connectivity index (χ4v) is 4.58. The van der Waals surface area contributed by atoms with E-state index in [1.807, 2.05) is 0 Å². The van der Waals surface area contributed by atoms with Gasteiger partial charge in [0, 0.05) is 18.7 Å². The Morgan fingerprint density at radius 1 is 1.48 bits per heavy atom. The minimum Gasteiger partial charge on any atom is -0.399 e. The highest BCUT2D eigenvalue weighted by molar-refractivity contribution is 9.10. The molecule has 1 saturated heterocycles. The van der Waals surface area contributed by atoms with Gasteiger partial charge in [0.1, 0.15) is 10.9 Å². The minimum absolute atomic E-state index is 0.0391. The highest BCUT2D eigenvalue weighted by Crippen LogP contribution is 2.32. The molecular formula is C11H13BrFN3O4S. The van der Waals surface area contributed by atoms with Crippen molar-refractivity contribution in [2.45, 2.75) is 23.5 Å². The summed E-state index contributed by atoms with van der Waals surface area (Å²) in [5, 5.41) is 9.57. The Bertz CT molecular complexity index is 697. The smallest absolute Gasteiger partial charge is 0.246 e. The van der Waals surface area contributed by atoms with Crippen molar-refractivity contribution in [3.63, 3.8) is 0 Å². The number of rotatable bonds is 3. The van der Waals surface area contributed by atoms with Crippen molar-refractivity contribution in [1.29, 1.82) is 0 Å². The van der Waals surface area contributed by atoms with Crippen LogP contribution >= 0.6 is 15.9 Å². The molecule has 0 aliphatic carbocycles. The molecule has 1 aromatic carbocycles. The third-order valence-electron chi connectivity index (χ3n) is 3.17. The number of sulfonamides is 1. The molecule has 2 rings (SSSR count). The number of amides is 1. The number of benzene rings is 1. The lowest BCUT2D eigenvalue weighted by atomic mass is 10.2. The van der Waals surface area contributed by atoms with E-state index in [0.717, 1.165) is 6.07 Å². The van der Waals surface area contributed by atoms with E-state index in [0.29, 0.717) is 4.31 Å². The van der Waals surface area contributed by atoms with E-state index >= 15 is 0 Å². The van der Waals surface area contributed by atoms with E-state index in [1.54, 1.807) is 0 Å². The molecule has 1 amide bonds. The lowest BCUT2D eigenvalue weighted by Crippen LogP contribution is -2.43. The Hall–Kier alpha value is -1.23. The summed E-state index contributed by atoms with van der Waals surface area (Å²) in [5.74, 6) is -1.92. The van der Waals surface area contributed by atoms with E-state index in [-0.39, 0.29) is 23.1 Å². The Morgan fingerprint density at radius 2 is 2.10 bits per heavy atom. The van der Waals surface area contributed by atoms with Crippen molar-refractivity contribution in [2.24, 2.45) is 5.73 Å². The van der Waals surface area contributed by atoms with E-state index in [9.17, 15) is 22.7 Å². The van der Waals surface area contributed by atoms with Crippen molar-refractivity contribution < 1.29 is 22.7 Å². The van der Waals surface area contributed by atoms with Gasteiger partial charge in [0.2, 0.25) is 15.9 Å². The van der Waals surface area contributed by atoms with E-state index in [2.05, 4.69) is 15.9 Å². The first-order chi connectivity index (χ1) is 9.64. The van der Waals surface area contributed by atoms with Crippen LogP contribution in [0.2, 0.25) is 0 Å². The molecule has 1 aliphatic heterocycles. The van der Waals surface area contributed by atoms with Crippen molar-refractivity contribution >= 4 is 37.5 Å². The molecule has 1 heterocycles. The first-order valence-corrected chi connectivity index (χ1v) is 8.11. The van der Waals surface area contributed by atoms with Crippen LogP contribution in [-0.2, 0) is 14.8 Å². The van der Waals surface area contributed by atoms with Crippen molar-refractivity contribution in [3.8, 4) is 0 Å². The molecule has 0 bridgehead atoms. The summed E-state index contributed by atoms with van der Waals surface area (Å²) < 4.78 is 39.7. The molecule has 1 fully saturated rings. The molecule has 21 heavy (non-hydrogen) atoms. The highest BCUT2D eigenvalue weighted by Gasteiger charge is 2.43. The minimum atomic E-state index is -4.35. The first kappa shape index (κ1) is 16.1. The number of carbonyl (C=O) groups is 1. The molecule has 2 unspecified atom stereocenters. The van der Waals surface area contributed by atoms with Gasteiger partial charge in [-0.3, -0.25) is 4.79 Å². The largest absolute Gasteiger partial charge is 0.399 e. The number of nitrogens with zero attached hydrogens (tertiary/aromatic N) is 1. The molecule has 1 aliphatic rings. The van der Waals surface area contributed by atoms with Gasteiger partial charge < -0.3 is 16.6 Å². The number of hydrogen-bond donors (Lipinski definition) is 3. The van der Waals surface area contributed by atoms with Gasteiger partial charge in [0.05, 0.1) is 10.6 Å². The summed E-state index contributed by atoms with van der Waals surface area (Å²) in [6, 6.07) is 0.960. The van der Waals surface area contributed by atoms with Gasteiger partial charge in [0.25, 0.3) is 0 Å². The summed E-state index contributed by atoms with van der Waals surface area (Å²) >= 11 is 2.87. The van der Waals surface area contributed by atoms with E-state index in [1.165, 1.54) is 6.07 Å². The Balaban J connectivity index is 2.54. The molecule has 0 saturated carbocycles. The molecule has 7 nitrogen and oxygen atoms in total. The standard InChI is InChI=1S/C11H13BrFN3O4S/c12-7-1-5(14)2-9(10(7)13)21(19,20)16-4-6(17)3-8(16)11(15)18/h1-2,6,8,17H,3-4,14H2,(H2,15,18). The van der Waals surface area contributed by atoms with Crippen LogP contribution in [0, 0.1) is 5.82 Å². The molecule has 2 atom stereocenters. The molecule has 116 valence electrons. The molecule has 0 aromatic heterocycles. The van der Waals surface area contributed by atoms with E-state index < -0.39 is 38.8 Å². The Kier molecular flexibility index (Phi) is 4.24. The van der Waals surface area contributed by atoms with E-state index in [4.69, 9.17) is 11.5 Å². The van der Waals surface area contributed by atoms with Crippen molar-refractivity contribution in [2.75, 3.05) is 12.3 Å². The second-order valence-electron chi connectivity index (χ2n) is 4.70. The zero-order valence-corrected chi connectivity index (χ0v) is 13.1. The first-order valence-electron chi connectivity index (χ1n) is 5.88. The van der Waals surface area contributed by atoms with Gasteiger partial charge in [-0.2, -0.15) is 4.31 Å². The monoisotopic (exact) mass is 381 g/mol. The fourth-order valence-electron chi connectivity index (χ4n) is 2.21. The van der Waals surface area contributed by atoms with Crippen molar-refractivity contribution in [3.05, 3.63) is 22.4 Å². The number of anilines is 1. The normalized spacial score (nSPS) is 23.4. The van der Waals surface area contributed by atoms with Crippen LogP contribution in [0.15, 0.2) is 21.5 Å². The van der Waals surface area contributed by atoms with Gasteiger partial charge >= 0.3 is 0 Å². The van der Waals surface area contributed by atoms with Crippen LogP contribution < -0.4 is 11.5 Å². The van der Waals surface area contributed by atoms with Crippen molar-refractivity contribution in [1.82, 2.24) is 4.31 Å². The average Bonchev–Trinajstić information content (AvgIpc) is 2.76. The third-order valence-corrected chi connectivity index (χ3v) is 5.62. The number of carbonyl (C=O) groups excluding carboxylic acids is 1. The maximum Gasteiger partial charge on any atom is 0.246 e. The summed E-state index contributed by atoms with van der Waals surface area (Å²) in [4.78, 5) is 10.7. The van der Waals surface area contributed by atoms with Gasteiger partial charge in [-0.25, -0.2) is 12.8 Å². The van der Waals surface area contributed by atoms with Gasteiger partial charge in [-0.1, -0.05) is 0 Å². The fraction of sp³-hybridized carbons (Fsp3) is 0.364. The summed E-state index contributed by atoms with van der Waals surface area (Å²) in [6.07, 6.45) is -1.16. The maximum atomic E-state index is 14.1. The quantitative estimate of drug-likeness (QED) is 0.623. The number of primary amides is 1. The lowest BCUT2D eigenvalue weighted by Gasteiger charge is -2.22. The number of nitrogens with two attached hydrogens (primary N) is 2. The molecule has 10 heteroatoms. The van der Waals surface area contributed by atoms with Crippen LogP contribution in [-0.4, -0.2) is 42.4 Å². The molecular weight excluding hydrogens is 369 g/mol. The molecule has 5 N–H and O–H groups in total. The Morgan fingerprint density at radius 3 is 2.67 bits per heavy atom. The molecule has 0 spiro atoms. The third kappa shape index (κ3) is 2.89. The zero-order chi connectivity index (χ0) is 15.9. The number of hydrogen-bond acceptors (Lipinski definition) is 5. The molecule has 1 aromatic rings. The summed E-state index contributed by atoms with van der Waals surface area (Å²) in [5.41, 5.74) is 10.7. The van der Waals surface area contributed by atoms with Gasteiger partial charge in [-0.05, 0) is 28.1 Å². The Labute approximate surface area is 128 Å². The number of aliphatic hydroxyl groups is 1. The topological polar surface area (TPSA) is 127 Å². The second-order valence-corrected chi connectivity index (χ2v) is 7.41. The zero-order valence-electron chi connectivity index (χ0n) is 10.7. The predicted molar refractivity (Wildman–Crippen MR) is 76.0 cm³/mol. The van der Waals surface area contributed by atoms with Gasteiger partial charge in [0.15, 0.2) is 5.82 Å². The second kappa shape index (κ2) is 5.52. The molecule has 0 radical (unpaired) electrons. The average molecular weight is 382 g/mol. The van der Waals surface area contributed by atoms with Crippen LogP contribution in [0.1, 0.15) is 6.42 Å².